The van der Waals surface area contributed by atoms with E-state index in [0.717, 1.165) is 44.1 Å². The Balaban J connectivity index is 1.33. The van der Waals surface area contributed by atoms with Gasteiger partial charge in [0.1, 0.15) is 6.61 Å². The standard InChI is InChI=1S/C25H19N5O2/c1-2-5-16(6-3-1)14-31-15-24-29-30-25(32-24)20-11-17(12-23-21(20)13-27-28-23)18-7-4-8-22-19(18)9-10-26-22/h1-13,26H,14-15H2,(H,27,28). The highest BCUT2D eigenvalue weighted by atomic mass is 16.5. The number of H-pyrrole nitrogens is 2. The van der Waals surface area contributed by atoms with Gasteiger partial charge in [0.15, 0.2) is 0 Å². The highest BCUT2D eigenvalue weighted by Gasteiger charge is 2.16. The fraction of sp³-hybridized carbons (Fsp3) is 0.0800. The zero-order valence-electron chi connectivity index (χ0n) is 17.1. The van der Waals surface area contributed by atoms with E-state index >= 15 is 0 Å². The summed E-state index contributed by atoms with van der Waals surface area (Å²) in [6, 6.07) is 22.4. The van der Waals surface area contributed by atoms with Crippen molar-refractivity contribution in [2.75, 3.05) is 0 Å². The van der Waals surface area contributed by atoms with Crippen LogP contribution in [0.1, 0.15) is 11.5 Å². The predicted molar refractivity (Wildman–Crippen MR) is 122 cm³/mol. The zero-order chi connectivity index (χ0) is 21.3. The van der Waals surface area contributed by atoms with Gasteiger partial charge in [-0.3, -0.25) is 5.10 Å². The molecular formula is C25H19N5O2. The number of benzene rings is 3. The van der Waals surface area contributed by atoms with Crippen LogP contribution in [0.3, 0.4) is 0 Å². The van der Waals surface area contributed by atoms with Crippen molar-refractivity contribution in [1.82, 2.24) is 25.4 Å². The molecule has 0 aliphatic carbocycles. The van der Waals surface area contributed by atoms with E-state index in [-0.39, 0.29) is 6.61 Å². The van der Waals surface area contributed by atoms with Crippen LogP contribution < -0.4 is 0 Å². The lowest BCUT2D eigenvalue weighted by Gasteiger charge is -2.07. The third kappa shape index (κ3) is 3.34. The van der Waals surface area contributed by atoms with Crippen molar-refractivity contribution in [1.29, 1.82) is 0 Å². The molecule has 32 heavy (non-hydrogen) atoms. The molecule has 7 nitrogen and oxygen atoms in total. The van der Waals surface area contributed by atoms with Gasteiger partial charge in [0, 0.05) is 22.5 Å². The number of hydrogen-bond acceptors (Lipinski definition) is 5. The molecule has 0 aliphatic rings. The van der Waals surface area contributed by atoms with E-state index < -0.39 is 0 Å². The van der Waals surface area contributed by atoms with Crippen LogP contribution in [-0.2, 0) is 18.0 Å². The van der Waals surface area contributed by atoms with Crippen molar-refractivity contribution < 1.29 is 9.15 Å². The van der Waals surface area contributed by atoms with Crippen molar-refractivity contribution in [2.45, 2.75) is 13.2 Å². The quantitative estimate of drug-likeness (QED) is 0.372. The lowest BCUT2D eigenvalue weighted by atomic mass is 9.98. The van der Waals surface area contributed by atoms with Gasteiger partial charge in [-0.15, -0.1) is 10.2 Å². The fourth-order valence-electron chi connectivity index (χ4n) is 3.97. The Labute approximate surface area is 183 Å². The normalized spacial score (nSPS) is 11.5. The van der Waals surface area contributed by atoms with E-state index in [1.54, 1.807) is 6.20 Å². The lowest BCUT2D eigenvalue weighted by Crippen LogP contribution is -1.94. The van der Waals surface area contributed by atoms with E-state index in [9.17, 15) is 0 Å². The first kappa shape index (κ1) is 18.5. The van der Waals surface area contributed by atoms with Crippen molar-refractivity contribution in [3.05, 3.63) is 90.6 Å². The van der Waals surface area contributed by atoms with Gasteiger partial charge < -0.3 is 14.1 Å². The molecule has 0 amide bonds. The van der Waals surface area contributed by atoms with Crippen LogP contribution in [0.25, 0.3) is 44.4 Å². The number of aromatic amines is 2. The van der Waals surface area contributed by atoms with Gasteiger partial charge in [-0.1, -0.05) is 42.5 Å². The second-order valence-electron chi connectivity index (χ2n) is 7.58. The smallest absolute Gasteiger partial charge is 0.248 e. The SMILES string of the molecule is c1ccc(COCc2nnc(-c3cc(-c4cccc5[nH]ccc45)cc4[nH]ncc34)o2)cc1. The average Bonchev–Trinajstić information content (AvgIpc) is 3.59. The molecule has 0 bridgehead atoms. The minimum Gasteiger partial charge on any atom is -0.418 e. The summed E-state index contributed by atoms with van der Waals surface area (Å²) in [6.45, 7) is 0.736. The Hall–Kier alpha value is -4.23. The third-order valence-corrected chi connectivity index (χ3v) is 5.50. The average molecular weight is 421 g/mol. The minimum atomic E-state index is 0.249. The maximum absolute atomic E-state index is 5.95. The molecule has 0 aliphatic heterocycles. The zero-order valence-corrected chi connectivity index (χ0v) is 17.1. The number of rotatable bonds is 6. The van der Waals surface area contributed by atoms with E-state index in [1.165, 1.54) is 0 Å². The molecular weight excluding hydrogens is 402 g/mol. The number of nitrogens with zero attached hydrogens (tertiary/aromatic N) is 3. The number of ether oxygens (including phenoxy) is 1. The van der Waals surface area contributed by atoms with Gasteiger partial charge in [0.25, 0.3) is 0 Å². The second-order valence-corrected chi connectivity index (χ2v) is 7.58. The number of hydrogen-bond donors (Lipinski definition) is 2. The molecule has 6 rings (SSSR count). The van der Waals surface area contributed by atoms with Crippen LogP contribution in [0, 0.1) is 0 Å². The van der Waals surface area contributed by atoms with E-state index in [1.807, 2.05) is 42.6 Å². The summed E-state index contributed by atoms with van der Waals surface area (Å²) < 4.78 is 11.7. The van der Waals surface area contributed by atoms with Gasteiger partial charge in [-0.25, -0.2) is 0 Å². The molecule has 0 saturated heterocycles. The Morgan fingerprint density at radius 1 is 0.812 bits per heavy atom. The predicted octanol–water partition coefficient (Wildman–Crippen LogP) is 5.48. The molecule has 0 atom stereocenters. The van der Waals surface area contributed by atoms with Gasteiger partial charge in [0.05, 0.1) is 23.9 Å². The van der Waals surface area contributed by atoms with Crippen molar-refractivity contribution in [3.63, 3.8) is 0 Å². The summed E-state index contributed by atoms with van der Waals surface area (Å²) in [6.07, 6.45) is 3.73. The first-order valence-electron chi connectivity index (χ1n) is 10.3. The number of nitrogens with one attached hydrogen (secondary N) is 2. The molecule has 3 aromatic carbocycles. The summed E-state index contributed by atoms with van der Waals surface area (Å²) >= 11 is 0. The Bertz CT molecular complexity index is 1510. The van der Waals surface area contributed by atoms with Crippen LogP contribution in [0.2, 0.25) is 0 Å². The largest absolute Gasteiger partial charge is 0.418 e. The van der Waals surface area contributed by atoms with Crippen LogP contribution in [0.15, 0.2) is 83.5 Å². The molecule has 156 valence electrons. The summed E-state index contributed by atoms with van der Waals surface area (Å²) in [4.78, 5) is 3.27. The Morgan fingerprint density at radius 3 is 2.69 bits per heavy atom. The first-order valence-corrected chi connectivity index (χ1v) is 10.3. The van der Waals surface area contributed by atoms with Crippen LogP contribution >= 0.6 is 0 Å². The van der Waals surface area contributed by atoms with Crippen LogP contribution in [0.4, 0.5) is 0 Å². The summed E-state index contributed by atoms with van der Waals surface area (Å²) in [5.41, 5.74) is 6.09. The van der Waals surface area contributed by atoms with Crippen LogP contribution in [0.5, 0.6) is 0 Å². The minimum absolute atomic E-state index is 0.249. The first-order chi connectivity index (χ1) is 15.8. The van der Waals surface area contributed by atoms with Crippen molar-refractivity contribution in [3.8, 4) is 22.6 Å². The molecule has 7 heteroatoms. The molecule has 0 spiro atoms. The van der Waals surface area contributed by atoms with E-state index in [0.29, 0.717) is 18.4 Å². The Kier molecular flexibility index (Phi) is 4.51. The van der Waals surface area contributed by atoms with Crippen molar-refractivity contribution >= 4 is 21.8 Å². The highest BCUT2D eigenvalue weighted by Crippen LogP contribution is 2.35. The molecule has 0 fully saturated rings. The maximum Gasteiger partial charge on any atom is 0.248 e. The molecule has 3 aromatic heterocycles. The molecule has 2 N–H and O–H groups in total. The van der Waals surface area contributed by atoms with Crippen molar-refractivity contribution in [2.24, 2.45) is 0 Å². The van der Waals surface area contributed by atoms with E-state index in [2.05, 4.69) is 55.7 Å². The van der Waals surface area contributed by atoms with Gasteiger partial charge in [0.2, 0.25) is 11.8 Å². The monoisotopic (exact) mass is 421 g/mol. The summed E-state index contributed by atoms with van der Waals surface area (Å²) in [5, 5.41) is 17.8. The highest BCUT2D eigenvalue weighted by molar-refractivity contribution is 6.01. The Morgan fingerprint density at radius 2 is 1.75 bits per heavy atom. The molecule has 3 heterocycles. The topological polar surface area (TPSA) is 92.6 Å². The number of aromatic nitrogens is 5. The molecule has 0 unspecified atom stereocenters. The molecule has 6 aromatic rings. The summed E-state index contributed by atoms with van der Waals surface area (Å²) in [7, 11) is 0. The van der Waals surface area contributed by atoms with Gasteiger partial charge >= 0.3 is 0 Å². The van der Waals surface area contributed by atoms with E-state index in [4.69, 9.17) is 9.15 Å². The van der Waals surface area contributed by atoms with Gasteiger partial charge in [-0.2, -0.15) is 5.10 Å². The van der Waals surface area contributed by atoms with Gasteiger partial charge in [-0.05, 0) is 41.0 Å². The van der Waals surface area contributed by atoms with Crippen LogP contribution in [-0.4, -0.2) is 25.4 Å². The lowest BCUT2D eigenvalue weighted by molar-refractivity contribution is 0.0898. The number of fused-ring (bicyclic) bond motifs is 2. The molecule has 0 saturated carbocycles. The molecule has 0 radical (unpaired) electrons. The fourth-order valence-corrected chi connectivity index (χ4v) is 3.97. The second kappa shape index (κ2) is 7.79. The maximum atomic E-state index is 5.95. The third-order valence-electron chi connectivity index (χ3n) is 5.50. The summed E-state index contributed by atoms with van der Waals surface area (Å²) in [5.74, 6) is 0.878.